The van der Waals surface area contributed by atoms with Gasteiger partial charge in [0, 0.05) is 32.7 Å². The Morgan fingerprint density at radius 1 is 0.758 bits per heavy atom. The molecule has 0 saturated carbocycles. The molecule has 1 fully saturated rings. The first kappa shape index (κ1) is 23.1. The van der Waals surface area contributed by atoms with Crippen LogP contribution in [0.2, 0.25) is 0 Å². The second-order valence-corrected chi connectivity index (χ2v) is 8.44. The molecule has 4 N–H and O–H groups in total. The zero-order valence-corrected chi connectivity index (χ0v) is 18.4. The summed E-state index contributed by atoms with van der Waals surface area (Å²) in [5, 5.41) is 0. The second-order valence-electron chi connectivity index (χ2n) is 8.44. The van der Waals surface area contributed by atoms with Crippen molar-refractivity contribution in [1.82, 2.24) is 9.80 Å². The number of benzene rings is 3. The number of halogens is 3. The summed E-state index contributed by atoms with van der Waals surface area (Å²) < 4.78 is 40.4. The molecule has 174 valence electrons. The van der Waals surface area contributed by atoms with Gasteiger partial charge in [-0.3, -0.25) is 4.90 Å². The van der Waals surface area contributed by atoms with Crippen LogP contribution in [0, 0.1) is 0 Å². The molecule has 0 bridgehead atoms. The van der Waals surface area contributed by atoms with Gasteiger partial charge >= 0.3 is 6.18 Å². The zero-order chi connectivity index (χ0) is 23.4. The number of hydrogen-bond donors (Lipinski definition) is 2. The highest BCUT2D eigenvalue weighted by molar-refractivity contribution is 5.69. The minimum atomic E-state index is -4.45. The van der Waals surface area contributed by atoms with E-state index in [1.165, 1.54) is 17.2 Å². The molecular weight excluding hydrogens is 425 g/mol. The van der Waals surface area contributed by atoms with E-state index in [1.807, 2.05) is 12.1 Å². The molecule has 0 radical (unpaired) electrons. The summed E-state index contributed by atoms with van der Waals surface area (Å²) in [7, 11) is 0. The summed E-state index contributed by atoms with van der Waals surface area (Å²) in [6.07, 6.45) is -4.24. The SMILES string of the molecule is Nc1ccc(C(F)(F)F)c(CCN2CCN(C(c3ccccc3)c3ccccc3)CC2)c1N. The van der Waals surface area contributed by atoms with Gasteiger partial charge in [0.05, 0.1) is 23.0 Å². The standard InChI is InChI=1S/C26H29F3N4/c27-26(28,29)22-11-12-23(30)24(31)21(22)13-14-32-15-17-33(18-16-32)25(19-7-3-1-4-8-19)20-9-5-2-6-10-20/h1-12,25H,13-18,30-31H2. The average Bonchev–Trinajstić information content (AvgIpc) is 2.82. The molecule has 0 spiro atoms. The summed E-state index contributed by atoms with van der Waals surface area (Å²) in [6.45, 7) is 3.71. The first-order valence-electron chi connectivity index (χ1n) is 11.1. The van der Waals surface area contributed by atoms with E-state index in [1.54, 1.807) is 0 Å². The molecule has 0 unspecified atom stereocenters. The molecule has 1 aliphatic heterocycles. The molecule has 3 aromatic rings. The van der Waals surface area contributed by atoms with Crippen LogP contribution in [0.5, 0.6) is 0 Å². The molecule has 0 atom stereocenters. The van der Waals surface area contributed by atoms with E-state index < -0.39 is 11.7 Å². The number of nitrogens with zero attached hydrogens (tertiary/aromatic N) is 2. The highest BCUT2D eigenvalue weighted by Gasteiger charge is 2.34. The van der Waals surface area contributed by atoms with Crippen LogP contribution in [0.25, 0.3) is 0 Å². The summed E-state index contributed by atoms with van der Waals surface area (Å²) in [5.41, 5.74) is 13.8. The predicted molar refractivity (Wildman–Crippen MR) is 127 cm³/mol. The lowest BCUT2D eigenvalue weighted by molar-refractivity contribution is -0.138. The highest BCUT2D eigenvalue weighted by Crippen LogP contribution is 2.37. The molecule has 4 rings (SSSR count). The lowest BCUT2D eigenvalue weighted by atomic mass is 9.96. The Morgan fingerprint density at radius 2 is 1.30 bits per heavy atom. The molecule has 7 heteroatoms. The van der Waals surface area contributed by atoms with Gasteiger partial charge < -0.3 is 16.4 Å². The van der Waals surface area contributed by atoms with Crippen molar-refractivity contribution in [2.24, 2.45) is 0 Å². The maximum Gasteiger partial charge on any atom is 0.416 e. The minimum absolute atomic E-state index is 0.0386. The Labute approximate surface area is 192 Å². The molecule has 0 aliphatic carbocycles. The quantitative estimate of drug-likeness (QED) is 0.525. The molecule has 1 aliphatic rings. The van der Waals surface area contributed by atoms with Gasteiger partial charge in [-0.05, 0) is 35.2 Å². The van der Waals surface area contributed by atoms with E-state index in [0.717, 1.165) is 32.2 Å². The van der Waals surface area contributed by atoms with Crippen molar-refractivity contribution in [1.29, 1.82) is 0 Å². The predicted octanol–water partition coefficient (Wildman–Crippen LogP) is 4.82. The molecule has 0 aromatic heterocycles. The summed E-state index contributed by atoms with van der Waals surface area (Å²) in [5.74, 6) is 0. The topological polar surface area (TPSA) is 58.5 Å². The summed E-state index contributed by atoms with van der Waals surface area (Å²) in [6, 6.07) is 23.2. The Bertz CT molecular complexity index is 1010. The second kappa shape index (κ2) is 9.85. The van der Waals surface area contributed by atoms with E-state index in [0.29, 0.717) is 6.54 Å². The maximum absolute atomic E-state index is 13.5. The fourth-order valence-corrected chi connectivity index (χ4v) is 4.62. The molecule has 3 aromatic carbocycles. The molecule has 33 heavy (non-hydrogen) atoms. The lowest BCUT2D eigenvalue weighted by Gasteiger charge is -2.40. The molecule has 0 amide bonds. The van der Waals surface area contributed by atoms with Gasteiger partial charge in [0.2, 0.25) is 0 Å². The first-order valence-corrected chi connectivity index (χ1v) is 11.1. The van der Waals surface area contributed by atoms with Gasteiger partial charge in [-0.1, -0.05) is 60.7 Å². The van der Waals surface area contributed by atoms with Crippen molar-refractivity contribution in [3.8, 4) is 0 Å². The fraction of sp³-hybridized carbons (Fsp3) is 0.308. The monoisotopic (exact) mass is 454 g/mol. The van der Waals surface area contributed by atoms with Gasteiger partial charge in [0.1, 0.15) is 0 Å². The van der Waals surface area contributed by atoms with Gasteiger partial charge in [-0.15, -0.1) is 0 Å². The number of anilines is 2. The summed E-state index contributed by atoms with van der Waals surface area (Å²) >= 11 is 0. The van der Waals surface area contributed by atoms with Crippen molar-refractivity contribution in [2.45, 2.75) is 18.6 Å². The van der Waals surface area contributed by atoms with Crippen molar-refractivity contribution < 1.29 is 13.2 Å². The van der Waals surface area contributed by atoms with E-state index in [4.69, 9.17) is 11.5 Å². The minimum Gasteiger partial charge on any atom is -0.397 e. The van der Waals surface area contributed by atoms with Gasteiger partial charge in [-0.25, -0.2) is 0 Å². The first-order chi connectivity index (χ1) is 15.8. The lowest BCUT2D eigenvalue weighted by Crippen LogP contribution is -2.48. The van der Waals surface area contributed by atoms with Crippen molar-refractivity contribution in [2.75, 3.05) is 44.2 Å². The third-order valence-electron chi connectivity index (χ3n) is 6.38. The Morgan fingerprint density at radius 3 is 1.82 bits per heavy atom. The Kier molecular flexibility index (Phi) is 6.91. The molecule has 4 nitrogen and oxygen atoms in total. The Balaban J connectivity index is 1.45. The number of piperazine rings is 1. The van der Waals surface area contributed by atoms with Crippen LogP contribution in [0.4, 0.5) is 24.5 Å². The van der Waals surface area contributed by atoms with E-state index in [9.17, 15) is 13.2 Å². The van der Waals surface area contributed by atoms with Crippen LogP contribution < -0.4 is 11.5 Å². The fourth-order valence-electron chi connectivity index (χ4n) is 4.62. The normalized spacial score (nSPS) is 15.8. The van der Waals surface area contributed by atoms with Crippen LogP contribution in [0.1, 0.15) is 28.3 Å². The molecule has 1 saturated heterocycles. The summed E-state index contributed by atoms with van der Waals surface area (Å²) in [4.78, 5) is 4.64. The molecular formula is C26H29F3N4. The van der Waals surface area contributed by atoms with Crippen LogP contribution in [0.15, 0.2) is 72.8 Å². The number of nitrogens with two attached hydrogens (primary N) is 2. The largest absolute Gasteiger partial charge is 0.416 e. The van der Waals surface area contributed by atoms with E-state index in [2.05, 4.69) is 58.3 Å². The van der Waals surface area contributed by atoms with E-state index >= 15 is 0 Å². The third kappa shape index (κ3) is 5.31. The van der Waals surface area contributed by atoms with Crippen LogP contribution in [0.3, 0.4) is 0 Å². The Hall–Kier alpha value is -3.03. The number of alkyl halides is 3. The van der Waals surface area contributed by atoms with Gasteiger partial charge in [-0.2, -0.15) is 13.2 Å². The number of nitrogen functional groups attached to an aromatic ring is 2. The van der Waals surface area contributed by atoms with Crippen LogP contribution in [-0.4, -0.2) is 42.5 Å². The number of hydrogen-bond acceptors (Lipinski definition) is 4. The van der Waals surface area contributed by atoms with Gasteiger partial charge in [0.15, 0.2) is 0 Å². The number of rotatable bonds is 6. The smallest absolute Gasteiger partial charge is 0.397 e. The molecule has 1 heterocycles. The van der Waals surface area contributed by atoms with Crippen molar-refractivity contribution in [3.63, 3.8) is 0 Å². The van der Waals surface area contributed by atoms with Crippen molar-refractivity contribution in [3.05, 3.63) is 95.1 Å². The zero-order valence-electron chi connectivity index (χ0n) is 18.4. The van der Waals surface area contributed by atoms with Crippen molar-refractivity contribution >= 4 is 11.4 Å². The van der Waals surface area contributed by atoms with E-state index in [-0.39, 0.29) is 29.4 Å². The average molecular weight is 455 g/mol. The highest BCUT2D eigenvalue weighted by atomic mass is 19.4. The maximum atomic E-state index is 13.5. The van der Waals surface area contributed by atoms with Gasteiger partial charge in [0.25, 0.3) is 0 Å². The third-order valence-corrected chi connectivity index (χ3v) is 6.38. The van der Waals surface area contributed by atoms with Crippen LogP contribution >= 0.6 is 0 Å². The van der Waals surface area contributed by atoms with Crippen LogP contribution in [-0.2, 0) is 12.6 Å².